The lowest BCUT2D eigenvalue weighted by molar-refractivity contribution is -0.118. The summed E-state index contributed by atoms with van der Waals surface area (Å²) >= 11 is 17.7. The zero-order valence-corrected chi connectivity index (χ0v) is 16.3. The molecule has 8 heteroatoms. The van der Waals surface area contributed by atoms with E-state index in [1.807, 2.05) is 30.3 Å². The molecule has 2 aromatic rings. The smallest absolute Gasteiger partial charge is 0.246 e. The van der Waals surface area contributed by atoms with Gasteiger partial charge in [0.15, 0.2) is 5.78 Å². The molecule has 3 N–H and O–H groups in total. The molecule has 27 heavy (non-hydrogen) atoms. The van der Waals surface area contributed by atoms with Gasteiger partial charge in [-0.25, -0.2) is 0 Å². The summed E-state index contributed by atoms with van der Waals surface area (Å²) in [6.45, 7) is -0.0964. The Balaban J connectivity index is 2.06. The Bertz CT molecular complexity index is 803. The molecule has 1 unspecified atom stereocenters. The zero-order valence-electron chi connectivity index (χ0n) is 14.1. The summed E-state index contributed by atoms with van der Waals surface area (Å²) in [7, 11) is 0. The standard InChI is InChI=1S/C19H17Cl3N2O3/c20-19(21,22)18(24-17(26)11-6-13-4-2-1-3-5-13)27-15-9-7-14(8-10-15)16(25)12-23/h1-11,18H,12,23H2,(H,24,26)/b11-6+. The predicted molar refractivity (Wildman–Crippen MR) is 108 cm³/mol. The van der Waals surface area contributed by atoms with Gasteiger partial charge >= 0.3 is 0 Å². The van der Waals surface area contributed by atoms with E-state index in [0.29, 0.717) is 11.3 Å². The maximum absolute atomic E-state index is 12.1. The summed E-state index contributed by atoms with van der Waals surface area (Å²) in [5, 5.41) is 2.49. The molecule has 2 aromatic carbocycles. The van der Waals surface area contributed by atoms with Crippen LogP contribution >= 0.6 is 34.8 Å². The molecule has 0 heterocycles. The Kier molecular flexibility index (Phi) is 7.68. The molecule has 0 radical (unpaired) electrons. The summed E-state index contributed by atoms with van der Waals surface area (Å²) in [6, 6.07) is 15.4. The van der Waals surface area contributed by atoms with Crippen LogP contribution in [0.25, 0.3) is 6.08 Å². The average Bonchev–Trinajstić information content (AvgIpc) is 2.66. The number of ether oxygens (including phenoxy) is 1. The monoisotopic (exact) mass is 426 g/mol. The van der Waals surface area contributed by atoms with Crippen LogP contribution < -0.4 is 15.8 Å². The minimum absolute atomic E-state index is 0.0964. The van der Waals surface area contributed by atoms with Gasteiger partial charge in [-0.05, 0) is 35.9 Å². The van der Waals surface area contributed by atoms with Crippen molar-refractivity contribution in [1.82, 2.24) is 5.32 Å². The molecule has 142 valence electrons. The fourth-order valence-corrected chi connectivity index (χ4v) is 2.36. The lowest BCUT2D eigenvalue weighted by Gasteiger charge is -2.25. The number of nitrogens with one attached hydrogen (secondary N) is 1. The van der Waals surface area contributed by atoms with Gasteiger partial charge in [0, 0.05) is 11.6 Å². The SMILES string of the molecule is NCC(=O)c1ccc(OC(NC(=O)/C=C/c2ccccc2)C(Cl)(Cl)Cl)cc1. The molecule has 0 aliphatic carbocycles. The van der Waals surface area contributed by atoms with Crippen LogP contribution in [0.15, 0.2) is 60.7 Å². The van der Waals surface area contributed by atoms with Crippen LogP contribution in [0.5, 0.6) is 5.75 Å². The van der Waals surface area contributed by atoms with E-state index in [-0.39, 0.29) is 12.3 Å². The molecule has 2 rings (SSSR count). The van der Waals surface area contributed by atoms with E-state index in [4.69, 9.17) is 45.3 Å². The molecule has 0 aliphatic rings. The van der Waals surface area contributed by atoms with Gasteiger partial charge in [0.2, 0.25) is 15.9 Å². The van der Waals surface area contributed by atoms with E-state index in [0.717, 1.165) is 5.56 Å². The van der Waals surface area contributed by atoms with Gasteiger partial charge in [-0.2, -0.15) is 0 Å². The van der Waals surface area contributed by atoms with E-state index in [9.17, 15) is 9.59 Å². The number of carbonyl (C=O) groups is 2. The lowest BCUT2D eigenvalue weighted by atomic mass is 10.1. The van der Waals surface area contributed by atoms with E-state index in [2.05, 4.69) is 5.32 Å². The largest absolute Gasteiger partial charge is 0.466 e. The van der Waals surface area contributed by atoms with Gasteiger partial charge in [-0.15, -0.1) is 0 Å². The van der Waals surface area contributed by atoms with Crippen molar-refractivity contribution in [2.45, 2.75) is 10.0 Å². The number of rotatable bonds is 7. The molecule has 0 aromatic heterocycles. The van der Waals surface area contributed by atoms with Crippen LogP contribution in [0.3, 0.4) is 0 Å². The second-order valence-corrected chi connectivity index (χ2v) is 7.81. The molecule has 1 amide bonds. The summed E-state index contributed by atoms with van der Waals surface area (Å²) < 4.78 is 3.65. The highest BCUT2D eigenvalue weighted by molar-refractivity contribution is 6.68. The zero-order chi connectivity index (χ0) is 19.9. The first-order chi connectivity index (χ1) is 12.8. The lowest BCUT2D eigenvalue weighted by Crippen LogP contribution is -2.47. The van der Waals surface area contributed by atoms with Crippen LogP contribution in [0.4, 0.5) is 0 Å². The number of ketones is 1. The summed E-state index contributed by atoms with van der Waals surface area (Å²) in [4.78, 5) is 23.7. The number of benzene rings is 2. The first kappa shape index (κ1) is 21.3. The highest BCUT2D eigenvalue weighted by Crippen LogP contribution is 2.32. The van der Waals surface area contributed by atoms with Gasteiger partial charge in [0.25, 0.3) is 0 Å². The first-order valence-electron chi connectivity index (χ1n) is 7.90. The van der Waals surface area contributed by atoms with E-state index in [1.54, 1.807) is 6.08 Å². The third-order valence-corrected chi connectivity index (χ3v) is 4.01. The average molecular weight is 428 g/mol. The molecule has 0 saturated carbocycles. The van der Waals surface area contributed by atoms with Crippen molar-refractivity contribution in [2.24, 2.45) is 5.73 Å². The highest BCUT2D eigenvalue weighted by Gasteiger charge is 2.35. The molecule has 0 spiro atoms. The number of Topliss-reactive ketones (excluding diaryl/α,β-unsaturated/α-hetero) is 1. The van der Waals surface area contributed by atoms with Crippen molar-refractivity contribution < 1.29 is 14.3 Å². The van der Waals surface area contributed by atoms with E-state index < -0.39 is 15.9 Å². The second kappa shape index (κ2) is 9.76. The molecule has 0 bridgehead atoms. The molecule has 5 nitrogen and oxygen atoms in total. The van der Waals surface area contributed by atoms with E-state index in [1.165, 1.54) is 30.3 Å². The van der Waals surface area contributed by atoms with Gasteiger partial charge in [-0.1, -0.05) is 65.1 Å². The van der Waals surface area contributed by atoms with Crippen molar-refractivity contribution in [2.75, 3.05) is 6.54 Å². The fourth-order valence-electron chi connectivity index (χ4n) is 2.06. The number of amides is 1. The van der Waals surface area contributed by atoms with Crippen molar-refractivity contribution in [1.29, 1.82) is 0 Å². The summed E-state index contributed by atoms with van der Waals surface area (Å²) in [6.07, 6.45) is 1.69. The predicted octanol–water partition coefficient (Wildman–Crippen LogP) is 3.73. The van der Waals surface area contributed by atoms with Crippen LogP contribution in [0, 0.1) is 0 Å². The maximum Gasteiger partial charge on any atom is 0.246 e. The van der Waals surface area contributed by atoms with Crippen molar-refractivity contribution in [3.8, 4) is 5.75 Å². The van der Waals surface area contributed by atoms with Gasteiger partial charge in [0.1, 0.15) is 5.75 Å². The number of alkyl halides is 3. The second-order valence-electron chi connectivity index (χ2n) is 5.44. The summed E-state index contributed by atoms with van der Waals surface area (Å²) in [5.41, 5.74) is 6.60. The maximum atomic E-state index is 12.1. The molecular formula is C19H17Cl3N2O3. The summed E-state index contributed by atoms with van der Waals surface area (Å²) in [5.74, 6) is -0.392. The number of halogens is 3. The van der Waals surface area contributed by atoms with E-state index >= 15 is 0 Å². The van der Waals surface area contributed by atoms with Gasteiger partial charge < -0.3 is 15.8 Å². The Morgan fingerprint density at radius 3 is 2.26 bits per heavy atom. The van der Waals surface area contributed by atoms with Crippen LogP contribution in [-0.4, -0.2) is 28.3 Å². The van der Waals surface area contributed by atoms with Gasteiger partial charge in [-0.3, -0.25) is 9.59 Å². The van der Waals surface area contributed by atoms with Crippen molar-refractivity contribution >= 4 is 52.6 Å². The quantitative estimate of drug-likeness (QED) is 0.305. The number of hydrogen-bond donors (Lipinski definition) is 2. The fraction of sp³-hybridized carbons (Fsp3) is 0.158. The van der Waals surface area contributed by atoms with Crippen molar-refractivity contribution in [3.63, 3.8) is 0 Å². The highest BCUT2D eigenvalue weighted by atomic mass is 35.6. The molecular weight excluding hydrogens is 411 g/mol. The minimum Gasteiger partial charge on any atom is -0.466 e. The van der Waals surface area contributed by atoms with Crippen LogP contribution in [0.1, 0.15) is 15.9 Å². The topological polar surface area (TPSA) is 81.4 Å². The number of carbonyl (C=O) groups excluding carboxylic acids is 2. The third-order valence-electron chi connectivity index (χ3n) is 3.41. The molecule has 0 aliphatic heterocycles. The first-order valence-corrected chi connectivity index (χ1v) is 9.03. The Labute approximate surface area is 172 Å². The Morgan fingerprint density at radius 2 is 1.70 bits per heavy atom. The Morgan fingerprint density at radius 1 is 1.07 bits per heavy atom. The third kappa shape index (κ3) is 6.88. The minimum atomic E-state index is -1.91. The van der Waals surface area contributed by atoms with Gasteiger partial charge in [0.05, 0.1) is 6.54 Å². The molecule has 0 saturated heterocycles. The molecule has 1 atom stereocenters. The van der Waals surface area contributed by atoms with Crippen LogP contribution in [-0.2, 0) is 4.79 Å². The number of nitrogens with two attached hydrogens (primary N) is 1. The number of hydrogen-bond acceptors (Lipinski definition) is 4. The Hall–Kier alpha value is -2.05. The molecule has 0 fully saturated rings. The van der Waals surface area contributed by atoms with Crippen molar-refractivity contribution in [3.05, 3.63) is 71.8 Å². The van der Waals surface area contributed by atoms with Crippen LogP contribution in [0.2, 0.25) is 0 Å². The normalized spacial score (nSPS) is 12.6.